The third-order valence-electron chi connectivity index (χ3n) is 11.0. The Morgan fingerprint density at radius 3 is 1.40 bits per heavy atom. The fraction of sp³-hybridized carbons (Fsp3) is 0.633. The molecular weight excluding hydrogens is 716 g/mol. The molecule has 0 aliphatic carbocycles. The van der Waals surface area contributed by atoms with Gasteiger partial charge in [-0.15, -0.1) is 0 Å². The molecule has 4 rings (SSSR count). The van der Waals surface area contributed by atoms with Gasteiger partial charge in [-0.1, -0.05) is 196 Å². The van der Waals surface area contributed by atoms with Gasteiger partial charge in [-0.3, -0.25) is 0 Å². The molecule has 0 atom stereocenters. The van der Waals surface area contributed by atoms with Gasteiger partial charge in [0.2, 0.25) is 5.75 Å². The van der Waals surface area contributed by atoms with Gasteiger partial charge in [-0.05, 0) is 76.9 Å². The molecule has 0 heterocycles. The standard InChI is InChI=1S/C49H73BrO3/c1-5-8-11-14-17-20-23-26-33-51-46-38-43-39(4)36-45-42(32-30-40-29-31-41(50)37-44(40)45)47(43)49(53-35-28-25-22-19-16-13-10-7-3)48(46)52-34-27-24-21-18-15-12-9-6-2/h29-32,36-38H,5-28,33-35H2,1-4H3. The number of aryl methyl sites for hydroxylation is 1. The SMILES string of the molecule is CCCCCCCCCCOc1cc2c(C)cc3c4cc(Br)ccc4ccc3c2c(OCCCCCCCCCC)c1OCCCCCCCCCC. The minimum Gasteiger partial charge on any atom is -0.490 e. The molecule has 3 nitrogen and oxygen atoms in total. The highest BCUT2D eigenvalue weighted by Crippen LogP contribution is 2.48. The van der Waals surface area contributed by atoms with E-state index in [0.29, 0.717) is 19.8 Å². The Kier molecular flexibility index (Phi) is 20.9. The van der Waals surface area contributed by atoms with Crippen LogP contribution in [0.15, 0.2) is 46.9 Å². The lowest BCUT2D eigenvalue weighted by Gasteiger charge is -2.22. The third-order valence-corrected chi connectivity index (χ3v) is 11.5. The first-order valence-electron chi connectivity index (χ1n) is 22.1. The predicted molar refractivity (Wildman–Crippen MR) is 236 cm³/mol. The number of hydrogen-bond donors (Lipinski definition) is 0. The molecule has 0 aromatic heterocycles. The van der Waals surface area contributed by atoms with Gasteiger partial charge in [0.1, 0.15) is 0 Å². The van der Waals surface area contributed by atoms with E-state index < -0.39 is 0 Å². The number of benzene rings is 4. The van der Waals surface area contributed by atoms with Gasteiger partial charge in [0, 0.05) is 9.86 Å². The summed E-state index contributed by atoms with van der Waals surface area (Å²) in [5, 5.41) is 7.33. The molecule has 0 saturated carbocycles. The molecular formula is C49H73BrO3. The smallest absolute Gasteiger partial charge is 0.204 e. The number of fused-ring (bicyclic) bond motifs is 5. The second-order valence-electron chi connectivity index (χ2n) is 15.6. The molecule has 0 aliphatic heterocycles. The number of ether oxygens (including phenoxy) is 3. The molecule has 53 heavy (non-hydrogen) atoms. The zero-order chi connectivity index (χ0) is 37.5. The summed E-state index contributed by atoms with van der Waals surface area (Å²) >= 11 is 3.75. The van der Waals surface area contributed by atoms with Crippen LogP contribution in [0.3, 0.4) is 0 Å². The topological polar surface area (TPSA) is 27.7 Å². The van der Waals surface area contributed by atoms with Crippen molar-refractivity contribution in [3.8, 4) is 17.2 Å². The highest BCUT2D eigenvalue weighted by molar-refractivity contribution is 9.10. The van der Waals surface area contributed by atoms with Crippen molar-refractivity contribution in [3.63, 3.8) is 0 Å². The van der Waals surface area contributed by atoms with Gasteiger partial charge >= 0.3 is 0 Å². The summed E-state index contributed by atoms with van der Waals surface area (Å²) in [6, 6.07) is 15.8. The van der Waals surface area contributed by atoms with Gasteiger partial charge in [-0.2, -0.15) is 0 Å². The maximum absolute atomic E-state index is 6.95. The van der Waals surface area contributed by atoms with Crippen LogP contribution in [0.2, 0.25) is 0 Å². The molecule has 4 aromatic carbocycles. The first-order chi connectivity index (χ1) is 26.1. The molecule has 0 bridgehead atoms. The van der Waals surface area contributed by atoms with Crippen molar-refractivity contribution in [2.75, 3.05) is 19.8 Å². The summed E-state index contributed by atoms with van der Waals surface area (Å²) in [5.74, 6) is 2.52. The maximum atomic E-state index is 6.95. The van der Waals surface area contributed by atoms with E-state index in [0.717, 1.165) is 46.4 Å². The summed E-state index contributed by atoms with van der Waals surface area (Å²) in [6.45, 7) is 11.2. The minimum absolute atomic E-state index is 0.683. The van der Waals surface area contributed by atoms with E-state index in [4.69, 9.17) is 14.2 Å². The summed E-state index contributed by atoms with van der Waals surface area (Å²) in [6.07, 6.45) is 30.7. The summed E-state index contributed by atoms with van der Waals surface area (Å²) in [7, 11) is 0. The lowest BCUT2D eigenvalue weighted by molar-refractivity contribution is 0.236. The van der Waals surface area contributed by atoms with Crippen LogP contribution in [0.5, 0.6) is 17.2 Å². The van der Waals surface area contributed by atoms with Crippen LogP contribution in [0.25, 0.3) is 32.3 Å². The Hall–Kier alpha value is -2.46. The Bertz CT molecular complexity index is 1610. The molecule has 0 aliphatic rings. The van der Waals surface area contributed by atoms with Crippen LogP contribution >= 0.6 is 15.9 Å². The zero-order valence-electron chi connectivity index (χ0n) is 34.2. The summed E-state index contributed by atoms with van der Waals surface area (Å²) in [4.78, 5) is 0. The normalized spacial score (nSPS) is 11.6. The third kappa shape index (κ3) is 14.3. The molecule has 294 valence electrons. The van der Waals surface area contributed by atoms with Gasteiger partial charge in [0.15, 0.2) is 11.5 Å². The molecule has 4 aromatic rings. The Morgan fingerprint density at radius 1 is 0.415 bits per heavy atom. The van der Waals surface area contributed by atoms with Crippen molar-refractivity contribution in [1.82, 2.24) is 0 Å². The first kappa shape index (κ1) is 43.3. The summed E-state index contributed by atoms with van der Waals surface area (Å²) in [5.41, 5.74) is 1.24. The molecule has 0 spiro atoms. The fourth-order valence-electron chi connectivity index (χ4n) is 7.80. The number of unbranched alkanes of at least 4 members (excludes halogenated alkanes) is 21. The van der Waals surface area contributed by atoms with E-state index in [1.54, 1.807) is 0 Å². The molecule has 0 saturated heterocycles. The molecule has 0 unspecified atom stereocenters. The number of hydrogen-bond acceptors (Lipinski definition) is 3. The first-order valence-corrected chi connectivity index (χ1v) is 22.9. The zero-order valence-corrected chi connectivity index (χ0v) is 35.8. The minimum atomic E-state index is 0.683. The van der Waals surface area contributed by atoms with Crippen LogP contribution in [0, 0.1) is 6.92 Å². The van der Waals surface area contributed by atoms with E-state index >= 15 is 0 Å². The Labute approximate surface area is 332 Å². The van der Waals surface area contributed by atoms with Crippen LogP contribution < -0.4 is 14.2 Å². The fourth-order valence-corrected chi connectivity index (χ4v) is 8.16. The van der Waals surface area contributed by atoms with E-state index in [2.05, 4.69) is 86.1 Å². The van der Waals surface area contributed by atoms with E-state index in [9.17, 15) is 0 Å². The van der Waals surface area contributed by atoms with Gasteiger partial charge in [0.05, 0.1) is 19.8 Å². The van der Waals surface area contributed by atoms with Crippen molar-refractivity contribution in [3.05, 3.63) is 52.5 Å². The Morgan fingerprint density at radius 2 is 0.868 bits per heavy atom. The highest BCUT2D eigenvalue weighted by Gasteiger charge is 2.22. The van der Waals surface area contributed by atoms with Crippen molar-refractivity contribution < 1.29 is 14.2 Å². The average molecular weight is 790 g/mol. The number of rotatable bonds is 30. The quantitative estimate of drug-likeness (QED) is 0.0389. The highest BCUT2D eigenvalue weighted by atomic mass is 79.9. The van der Waals surface area contributed by atoms with E-state index in [1.807, 2.05) is 0 Å². The largest absolute Gasteiger partial charge is 0.490 e. The lowest BCUT2D eigenvalue weighted by atomic mass is 9.93. The predicted octanol–water partition coefficient (Wildman–Crippen LogP) is 16.8. The van der Waals surface area contributed by atoms with Crippen molar-refractivity contribution in [2.24, 2.45) is 0 Å². The van der Waals surface area contributed by atoms with Gasteiger partial charge in [-0.25, -0.2) is 0 Å². The van der Waals surface area contributed by atoms with Crippen LogP contribution in [-0.2, 0) is 0 Å². The monoisotopic (exact) mass is 788 g/mol. The number of halogens is 1. The second kappa shape index (κ2) is 25.6. The van der Waals surface area contributed by atoms with Crippen molar-refractivity contribution in [1.29, 1.82) is 0 Å². The van der Waals surface area contributed by atoms with Crippen LogP contribution in [0.1, 0.15) is 180 Å². The average Bonchev–Trinajstić information content (AvgIpc) is 3.16. The molecule has 0 amide bonds. The van der Waals surface area contributed by atoms with Gasteiger partial charge in [0.25, 0.3) is 0 Å². The molecule has 0 fully saturated rings. The van der Waals surface area contributed by atoms with E-state index in [1.165, 1.54) is 167 Å². The van der Waals surface area contributed by atoms with E-state index in [-0.39, 0.29) is 0 Å². The maximum Gasteiger partial charge on any atom is 0.204 e. The summed E-state index contributed by atoms with van der Waals surface area (Å²) < 4.78 is 21.6. The van der Waals surface area contributed by atoms with Crippen LogP contribution in [-0.4, -0.2) is 19.8 Å². The van der Waals surface area contributed by atoms with Gasteiger partial charge < -0.3 is 14.2 Å². The lowest BCUT2D eigenvalue weighted by Crippen LogP contribution is -2.07. The molecule has 0 radical (unpaired) electrons. The van der Waals surface area contributed by atoms with Crippen LogP contribution in [0.4, 0.5) is 0 Å². The molecule has 0 N–H and O–H groups in total. The van der Waals surface area contributed by atoms with Crippen molar-refractivity contribution in [2.45, 2.75) is 182 Å². The van der Waals surface area contributed by atoms with Crippen molar-refractivity contribution >= 4 is 48.2 Å². The second-order valence-corrected chi connectivity index (χ2v) is 16.6. The Balaban J connectivity index is 1.62. The molecule has 4 heteroatoms.